The third-order valence-electron chi connectivity index (χ3n) is 1.51. The van der Waals surface area contributed by atoms with Gasteiger partial charge in [-0.25, -0.2) is 0 Å². The minimum atomic E-state index is -0.483. The first-order chi connectivity index (χ1) is 5.52. The van der Waals surface area contributed by atoms with Crippen molar-refractivity contribution in [1.82, 2.24) is 0 Å². The molecule has 0 aliphatic heterocycles. The van der Waals surface area contributed by atoms with Crippen LogP contribution in [0.2, 0.25) is 5.02 Å². The average molecular weight is 249 g/mol. The fourth-order valence-electron chi connectivity index (χ4n) is 0.835. The van der Waals surface area contributed by atoms with E-state index in [9.17, 15) is 4.79 Å². The van der Waals surface area contributed by atoms with E-state index < -0.39 is 5.91 Å². The Labute approximate surface area is 83.8 Å². The molecule has 0 radical (unpaired) electrons. The van der Waals surface area contributed by atoms with Crippen molar-refractivity contribution in [2.45, 2.75) is 6.92 Å². The fourth-order valence-corrected chi connectivity index (χ4v) is 1.65. The van der Waals surface area contributed by atoms with Crippen molar-refractivity contribution in [3.05, 3.63) is 32.8 Å². The van der Waals surface area contributed by atoms with E-state index in [-0.39, 0.29) is 0 Å². The van der Waals surface area contributed by atoms with Crippen LogP contribution in [0.1, 0.15) is 15.9 Å². The second-order valence-electron chi connectivity index (χ2n) is 2.45. The molecule has 64 valence electrons. The maximum atomic E-state index is 10.8. The number of rotatable bonds is 1. The highest BCUT2D eigenvalue weighted by atomic mass is 79.9. The fraction of sp³-hybridized carbons (Fsp3) is 0.125. The Hall–Kier alpha value is -0.540. The minimum absolute atomic E-state index is 0.408. The van der Waals surface area contributed by atoms with Crippen LogP contribution < -0.4 is 5.73 Å². The zero-order valence-corrected chi connectivity index (χ0v) is 8.74. The molecule has 0 spiro atoms. The summed E-state index contributed by atoms with van der Waals surface area (Å²) in [6, 6.07) is 3.33. The van der Waals surface area contributed by atoms with E-state index >= 15 is 0 Å². The third-order valence-corrected chi connectivity index (χ3v) is 2.58. The van der Waals surface area contributed by atoms with Gasteiger partial charge >= 0.3 is 0 Å². The summed E-state index contributed by atoms with van der Waals surface area (Å²) in [6.45, 7) is 1.86. The van der Waals surface area contributed by atoms with Crippen molar-refractivity contribution < 1.29 is 4.79 Å². The maximum Gasteiger partial charge on any atom is 0.249 e. The van der Waals surface area contributed by atoms with Crippen LogP contribution in [-0.2, 0) is 0 Å². The first kappa shape index (κ1) is 9.55. The Bertz CT molecular complexity index is 338. The van der Waals surface area contributed by atoms with Gasteiger partial charge in [-0.1, -0.05) is 11.6 Å². The Kier molecular flexibility index (Phi) is 2.75. The molecule has 0 fully saturated rings. The van der Waals surface area contributed by atoms with E-state index in [2.05, 4.69) is 15.9 Å². The van der Waals surface area contributed by atoms with Crippen molar-refractivity contribution in [2.24, 2.45) is 5.73 Å². The molecule has 0 aliphatic carbocycles. The lowest BCUT2D eigenvalue weighted by Gasteiger charge is -2.03. The van der Waals surface area contributed by atoms with Crippen LogP contribution in [0.3, 0.4) is 0 Å². The Morgan fingerprint density at radius 3 is 2.67 bits per heavy atom. The van der Waals surface area contributed by atoms with Crippen LogP contribution in [0.5, 0.6) is 0 Å². The van der Waals surface area contributed by atoms with Crippen molar-refractivity contribution in [1.29, 1.82) is 0 Å². The molecule has 1 aromatic carbocycles. The number of hydrogen-bond donors (Lipinski definition) is 1. The summed E-state index contributed by atoms with van der Waals surface area (Å²) in [5, 5.41) is 0.548. The summed E-state index contributed by atoms with van der Waals surface area (Å²) in [5.74, 6) is -0.483. The summed E-state index contributed by atoms with van der Waals surface area (Å²) in [6.07, 6.45) is 0. The predicted molar refractivity (Wildman–Crippen MR) is 52.4 cm³/mol. The smallest absolute Gasteiger partial charge is 0.249 e. The molecule has 12 heavy (non-hydrogen) atoms. The van der Waals surface area contributed by atoms with Crippen LogP contribution in [-0.4, -0.2) is 5.91 Å². The highest BCUT2D eigenvalue weighted by Crippen LogP contribution is 2.24. The van der Waals surface area contributed by atoms with Gasteiger partial charge in [0.1, 0.15) is 0 Å². The molecule has 0 atom stereocenters. The van der Waals surface area contributed by atoms with Gasteiger partial charge in [0, 0.05) is 9.50 Å². The second-order valence-corrected chi connectivity index (χ2v) is 3.71. The van der Waals surface area contributed by atoms with Gasteiger partial charge in [-0.05, 0) is 40.5 Å². The van der Waals surface area contributed by atoms with Gasteiger partial charge in [-0.15, -0.1) is 0 Å². The summed E-state index contributed by atoms with van der Waals surface area (Å²) < 4.78 is 0.678. The third kappa shape index (κ3) is 1.79. The van der Waals surface area contributed by atoms with E-state index in [1.54, 1.807) is 12.1 Å². The number of primary amides is 1. The van der Waals surface area contributed by atoms with Crippen molar-refractivity contribution in [3.8, 4) is 0 Å². The largest absolute Gasteiger partial charge is 0.366 e. The van der Waals surface area contributed by atoms with Gasteiger partial charge in [0.15, 0.2) is 0 Å². The summed E-state index contributed by atoms with van der Waals surface area (Å²) in [4.78, 5) is 10.8. The number of carbonyl (C=O) groups is 1. The van der Waals surface area contributed by atoms with Crippen LogP contribution >= 0.6 is 27.5 Å². The van der Waals surface area contributed by atoms with Crippen molar-refractivity contribution >= 4 is 33.4 Å². The molecule has 4 heteroatoms. The second kappa shape index (κ2) is 3.46. The number of hydrogen-bond acceptors (Lipinski definition) is 1. The van der Waals surface area contributed by atoms with Gasteiger partial charge in [0.25, 0.3) is 0 Å². The highest BCUT2D eigenvalue weighted by Gasteiger charge is 2.08. The molecule has 1 aromatic rings. The monoisotopic (exact) mass is 247 g/mol. The quantitative estimate of drug-likeness (QED) is 0.815. The summed E-state index contributed by atoms with van der Waals surface area (Å²) in [5.41, 5.74) is 6.42. The van der Waals surface area contributed by atoms with Crippen LogP contribution in [0.15, 0.2) is 16.6 Å². The lowest BCUT2D eigenvalue weighted by Crippen LogP contribution is -2.11. The maximum absolute atomic E-state index is 10.8. The molecule has 0 aliphatic rings. The first-order valence-corrected chi connectivity index (χ1v) is 4.45. The van der Waals surface area contributed by atoms with E-state index in [1.165, 1.54) is 0 Å². The first-order valence-electron chi connectivity index (χ1n) is 3.28. The predicted octanol–water partition coefficient (Wildman–Crippen LogP) is 2.51. The molecule has 0 aromatic heterocycles. The van der Waals surface area contributed by atoms with E-state index in [1.807, 2.05) is 6.92 Å². The zero-order valence-electron chi connectivity index (χ0n) is 6.40. The summed E-state index contributed by atoms with van der Waals surface area (Å²) in [7, 11) is 0. The van der Waals surface area contributed by atoms with Gasteiger partial charge in [0.05, 0.1) is 5.56 Å². The van der Waals surface area contributed by atoms with Gasteiger partial charge in [-0.3, -0.25) is 4.79 Å². The molecule has 2 N–H and O–H groups in total. The molecule has 0 unspecified atom stereocenters. The van der Waals surface area contributed by atoms with Crippen molar-refractivity contribution in [2.75, 3.05) is 0 Å². The van der Waals surface area contributed by atoms with E-state index in [0.717, 1.165) is 5.56 Å². The molecule has 0 heterocycles. The number of carbonyl (C=O) groups excluding carboxylic acids is 1. The minimum Gasteiger partial charge on any atom is -0.366 e. The number of aryl methyl sites for hydroxylation is 1. The number of halogens is 2. The van der Waals surface area contributed by atoms with E-state index in [4.69, 9.17) is 17.3 Å². The topological polar surface area (TPSA) is 43.1 Å². The molecular formula is C8H7BrClNO. The SMILES string of the molecule is Cc1cc(Br)c(C(N)=O)cc1Cl. The number of amides is 1. The van der Waals surface area contributed by atoms with Crippen LogP contribution in [0.25, 0.3) is 0 Å². The Morgan fingerprint density at radius 1 is 1.58 bits per heavy atom. The Morgan fingerprint density at radius 2 is 2.17 bits per heavy atom. The molecule has 0 bridgehead atoms. The molecule has 1 rings (SSSR count). The molecule has 2 nitrogen and oxygen atoms in total. The number of benzene rings is 1. The summed E-state index contributed by atoms with van der Waals surface area (Å²) >= 11 is 9.02. The average Bonchev–Trinajstić information content (AvgIpc) is 1.96. The van der Waals surface area contributed by atoms with Gasteiger partial charge < -0.3 is 5.73 Å². The standard InChI is InChI=1S/C8H7BrClNO/c1-4-2-6(9)5(8(11)12)3-7(4)10/h2-3H,1H3,(H2,11,12). The zero-order chi connectivity index (χ0) is 9.30. The van der Waals surface area contributed by atoms with Gasteiger partial charge in [-0.2, -0.15) is 0 Å². The van der Waals surface area contributed by atoms with Crippen LogP contribution in [0, 0.1) is 6.92 Å². The molecule has 1 amide bonds. The lowest BCUT2D eigenvalue weighted by atomic mass is 10.1. The van der Waals surface area contributed by atoms with Gasteiger partial charge in [0.2, 0.25) is 5.91 Å². The van der Waals surface area contributed by atoms with Crippen molar-refractivity contribution in [3.63, 3.8) is 0 Å². The molecule has 0 saturated carbocycles. The van der Waals surface area contributed by atoms with E-state index in [0.29, 0.717) is 15.1 Å². The Balaban J connectivity index is 3.33. The normalized spacial score (nSPS) is 9.92. The molecular weight excluding hydrogens is 241 g/mol. The van der Waals surface area contributed by atoms with Crippen LogP contribution in [0.4, 0.5) is 0 Å². The lowest BCUT2D eigenvalue weighted by molar-refractivity contribution is 0.0999. The highest BCUT2D eigenvalue weighted by molar-refractivity contribution is 9.10. The number of nitrogens with two attached hydrogens (primary N) is 1. The molecule has 0 saturated heterocycles.